The van der Waals surface area contributed by atoms with Crippen molar-refractivity contribution in [1.29, 1.82) is 0 Å². The molecule has 1 aliphatic rings. The Hall–Kier alpha value is -0.570. The molecule has 0 aromatic rings. The molecule has 0 bridgehead atoms. The SMILES string of the molecule is CN(C(=O)CCC(C)(C)CCN)C1CCCCCC1. The van der Waals surface area contributed by atoms with Crippen molar-refractivity contribution in [1.82, 2.24) is 4.90 Å². The van der Waals surface area contributed by atoms with Crippen LogP contribution in [0.2, 0.25) is 0 Å². The Morgan fingerprint density at radius 3 is 2.26 bits per heavy atom. The quantitative estimate of drug-likeness (QED) is 0.751. The minimum Gasteiger partial charge on any atom is -0.343 e. The smallest absolute Gasteiger partial charge is 0.222 e. The first kappa shape index (κ1) is 16.5. The summed E-state index contributed by atoms with van der Waals surface area (Å²) in [5, 5.41) is 0. The van der Waals surface area contributed by atoms with Crippen LogP contribution in [0.25, 0.3) is 0 Å². The van der Waals surface area contributed by atoms with Gasteiger partial charge in [-0.25, -0.2) is 0 Å². The predicted octanol–water partition coefficient (Wildman–Crippen LogP) is 3.32. The number of carbonyl (C=O) groups is 1. The topological polar surface area (TPSA) is 46.3 Å². The zero-order chi connectivity index (χ0) is 14.3. The first-order valence-corrected chi connectivity index (χ1v) is 7.92. The van der Waals surface area contributed by atoms with Gasteiger partial charge >= 0.3 is 0 Å². The Labute approximate surface area is 118 Å². The minimum absolute atomic E-state index is 0.189. The van der Waals surface area contributed by atoms with Gasteiger partial charge in [0.15, 0.2) is 0 Å². The van der Waals surface area contributed by atoms with Crippen LogP contribution in [0.5, 0.6) is 0 Å². The van der Waals surface area contributed by atoms with E-state index in [1.165, 1.54) is 38.5 Å². The number of rotatable bonds is 6. The molecule has 0 saturated heterocycles. The van der Waals surface area contributed by atoms with E-state index in [1.807, 2.05) is 11.9 Å². The van der Waals surface area contributed by atoms with E-state index in [1.54, 1.807) is 0 Å². The van der Waals surface area contributed by atoms with E-state index >= 15 is 0 Å². The molecule has 19 heavy (non-hydrogen) atoms. The highest BCUT2D eigenvalue weighted by atomic mass is 16.2. The monoisotopic (exact) mass is 268 g/mol. The second kappa shape index (κ2) is 7.88. The van der Waals surface area contributed by atoms with E-state index in [2.05, 4.69) is 13.8 Å². The summed E-state index contributed by atoms with van der Waals surface area (Å²) in [6.45, 7) is 5.12. The maximum Gasteiger partial charge on any atom is 0.222 e. The van der Waals surface area contributed by atoms with Crippen LogP contribution in [0.4, 0.5) is 0 Å². The van der Waals surface area contributed by atoms with Crippen molar-refractivity contribution in [3.63, 3.8) is 0 Å². The van der Waals surface area contributed by atoms with Crippen LogP contribution in [0.3, 0.4) is 0 Å². The predicted molar refractivity (Wildman–Crippen MR) is 80.9 cm³/mol. The van der Waals surface area contributed by atoms with Gasteiger partial charge in [0, 0.05) is 19.5 Å². The van der Waals surface area contributed by atoms with Gasteiger partial charge in [-0.1, -0.05) is 39.5 Å². The average Bonchev–Trinajstić information content (AvgIpc) is 2.64. The summed E-state index contributed by atoms with van der Waals surface area (Å²) in [6.07, 6.45) is 10.2. The van der Waals surface area contributed by atoms with E-state index in [9.17, 15) is 4.79 Å². The molecule has 0 aromatic carbocycles. The summed E-state index contributed by atoms with van der Waals surface area (Å²) in [5.41, 5.74) is 5.81. The molecule has 0 heterocycles. The molecule has 0 aliphatic heterocycles. The maximum atomic E-state index is 12.3. The van der Waals surface area contributed by atoms with E-state index < -0.39 is 0 Å². The van der Waals surface area contributed by atoms with Gasteiger partial charge in [-0.05, 0) is 37.6 Å². The van der Waals surface area contributed by atoms with Crippen molar-refractivity contribution in [2.45, 2.75) is 77.7 Å². The molecule has 0 unspecified atom stereocenters. The van der Waals surface area contributed by atoms with Gasteiger partial charge in [0.05, 0.1) is 0 Å². The Balaban J connectivity index is 2.39. The first-order valence-electron chi connectivity index (χ1n) is 7.92. The fourth-order valence-corrected chi connectivity index (χ4v) is 2.99. The summed E-state index contributed by atoms with van der Waals surface area (Å²) in [5.74, 6) is 0.317. The Kier molecular flexibility index (Phi) is 6.84. The Morgan fingerprint density at radius 1 is 1.16 bits per heavy atom. The molecule has 1 rings (SSSR count). The summed E-state index contributed by atoms with van der Waals surface area (Å²) >= 11 is 0. The zero-order valence-corrected chi connectivity index (χ0v) is 13.1. The van der Waals surface area contributed by atoms with Gasteiger partial charge in [0.2, 0.25) is 5.91 Å². The molecular weight excluding hydrogens is 236 g/mol. The highest BCUT2D eigenvalue weighted by molar-refractivity contribution is 5.76. The molecule has 3 heteroatoms. The van der Waals surface area contributed by atoms with Crippen LogP contribution < -0.4 is 5.73 Å². The van der Waals surface area contributed by atoms with Crippen molar-refractivity contribution < 1.29 is 4.79 Å². The molecule has 2 N–H and O–H groups in total. The lowest BCUT2D eigenvalue weighted by molar-refractivity contribution is -0.132. The summed E-state index contributed by atoms with van der Waals surface area (Å²) in [6, 6.07) is 0.479. The van der Waals surface area contributed by atoms with Gasteiger partial charge in [-0.3, -0.25) is 4.79 Å². The van der Waals surface area contributed by atoms with E-state index in [0.29, 0.717) is 24.9 Å². The fourth-order valence-electron chi connectivity index (χ4n) is 2.99. The molecular formula is C16H32N2O. The van der Waals surface area contributed by atoms with Gasteiger partial charge < -0.3 is 10.6 Å². The lowest BCUT2D eigenvalue weighted by Gasteiger charge is -2.29. The third-order valence-corrected chi connectivity index (χ3v) is 4.60. The first-order chi connectivity index (χ1) is 8.96. The van der Waals surface area contributed by atoms with Crippen molar-refractivity contribution in [3.05, 3.63) is 0 Å². The average molecular weight is 268 g/mol. The number of nitrogens with zero attached hydrogens (tertiary/aromatic N) is 1. The molecule has 1 fully saturated rings. The Morgan fingerprint density at radius 2 is 1.74 bits per heavy atom. The molecule has 1 amide bonds. The van der Waals surface area contributed by atoms with Crippen LogP contribution in [0, 0.1) is 5.41 Å². The lowest BCUT2D eigenvalue weighted by atomic mass is 9.84. The summed E-state index contributed by atoms with van der Waals surface area (Å²) < 4.78 is 0. The van der Waals surface area contributed by atoms with E-state index in [4.69, 9.17) is 5.73 Å². The molecule has 1 aliphatic carbocycles. The standard InChI is InChI=1S/C16H32N2O/c1-16(2,12-13-17)11-10-15(19)18(3)14-8-6-4-5-7-9-14/h14H,4-13,17H2,1-3H3. The van der Waals surface area contributed by atoms with Crippen molar-refractivity contribution in [2.24, 2.45) is 11.1 Å². The van der Waals surface area contributed by atoms with Crippen LogP contribution in [0.15, 0.2) is 0 Å². The molecule has 112 valence electrons. The normalized spacial score (nSPS) is 18.1. The van der Waals surface area contributed by atoms with Crippen LogP contribution in [0.1, 0.15) is 71.6 Å². The number of carbonyl (C=O) groups excluding carboxylic acids is 1. The van der Waals surface area contributed by atoms with Crippen LogP contribution >= 0.6 is 0 Å². The van der Waals surface area contributed by atoms with Crippen molar-refractivity contribution >= 4 is 5.91 Å². The highest BCUT2D eigenvalue weighted by Gasteiger charge is 2.23. The summed E-state index contributed by atoms with van der Waals surface area (Å²) in [4.78, 5) is 14.3. The van der Waals surface area contributed by atoms with Gasteiger partial charge in [0.1, 0.15) is 0 Å². The fraction of sp³-hybridized carbons (Fsp3) is 0.938. The highest BCUT2D eigenvalue weighted by Crippen LogP contribution is 2.27. The lowest BCUT2D eigenvalue weighted by Crippen LogP contribution is -2.37. The molecule has 0 atom stereocenters. The number of nitrogens with two attached hydrogens (primary N) is 1. The number of hydrogen-bond donors (Lipinski definition) is 1. The zero-order valence-electron chi connectivity index (χ0n) is 13.1. The van der Waals surface area contributed by atoms with Gasteiger partial charge in [-0.2, -0.15) is 0 Å². The van der Waals surface area contributed by atoms with Crippen LogP contribution in [-0.4, -0.2) is 30.4 Å². The van der Waals surface area contributed by atoms with Crippen LogP contribution in [-0.2, 0) is 4.79 Å². The third-order valence-electron chi connectivity index (χ3n) is 4.60. The Bertz CT molecular complexity index is 268. The molecule has 0 aromatic heterocycles. The molecule has 1 saturated carbocycles. The second-order valence-corrected chi connectivity index (χ2v) is 6.85. The molecule has 3 nitrogen and oxygen atoms in total. The van der Waals surface area contributed by atoms with Gasteiger partial charge in [-0.15, -0.1) is 0 Å². The maximum absolute atomic E-state index is 12.3. The van der Waals surface area contributed by atoms with Crippen molar-refractivity contribution in [2.75, 3.05) is 13.6 Å². The molecule has 0 radical (unpaired) electrons. The third kappa shape index (κ3) is 5.94. The second-order valence-electron chi connectivity index (χ2n) is 6.85. The number of amides is 1. The van der Waals surface area contributed by atoms with E-state index in [0.717, 1.165) is 12.8 Å². The number of hydrogen-bond acceptors (Lipinski definition) is 2. The molecule has 0 spiro atoms. The van der Waals surface area contributed by atoms with Gasteiger partial charge in [0.25, 0.3) is 0 Å². The van der Waals surface area contributed by atoms with E-state index in [-0.39, 0.29) is 5.41 Å². The minimum atomic E-state index is 0.189. The summed E-state index contributed by atoms with van der Waals surface area (Å²) in [7, 11) is 1.99. The van der Waals surface area contributed by atoms with Crippen molar-refractivity contribution in [3.8, 4) is 0 Å². The largest absolute Gasteiger partial charge is 0.343 e.